The fourth-order valence-electron chi connectivity index (χ4n) is 7.06. The van der Waals surface area contributed by atoms with Crippen LogP contribution in [-0.4, -0.2) is 60.4 Å². The zero-order chi connectivity index (χ0) is 37.5. The Labute approximate surface area is 318 Å². The van der Waals surface area contributed by atoms with Gasteiger partial charge in [-0.05, 0) is 64.8 Å². The van der Waals surface area contributed by atoms with Gasteiger partial charge in [-0.1, -0.05) is 168 Å². The summed E-state index contributed by atoms with van der Waals surface area (Å²) in [6.07, 6.45) is 38.6. The normalized spacial score (nSPS) is 12.2. The van der Waals surface area contributed by atoms with Crippen molar-refractivity contribution >= 4 is 11.9 Å². The molecule has 0 amide bonds. The van der Waals surface area contributed by atoms with E-state index in [4.69, 9.17) is 9.47 Å². The minimum atomic E-state index is -0.0951. The second-order valence-electron chi connectivity index (χ2n) is 15.7. The Morgan fingerprint density at radius 3 is 1.25 bits per heavy atom. The molecule has 0 saturated carbocycles. The highest BCUT2D eigenvalue weighted by atomic mass is 16.5. The summed E-state index contributed by atoms with van der Waals surface area (Å²) in [5.41, 5.74) is 0. The van der Waals surface area contributed by atoms with Crippen LogP contribution < -0.4 is 0 Å². The van der Waals surface area contributed by atoms with Crippen LogP contribution in [-0.2, 0) is 19.1 Å². The predicted octanol–water partition coefficient (Wildman–Crippen LogP) is 13.1. The Hall–Kier alpha value is -1.14. The number of unbranched alkanes of at least 4 members (excludes halogenated alkanes) is 24. The van der Waals surface area contributed by atoms with Gasteiger partial charge in [-0.3, -0.25) is 9.59 Å². The average molecular weight is 724 g/mol. The van der Waals surface area contributed by atoms with Gasteiger partial charge in [-0.15, -0.1) is 0 Å². The lowest BCUT2D eigenvalue weighted by Crippen LogP contribution is -2.31. The second-order valence-corrected chi connectivity index (χ2v) is 15.7. The Balaban J connectivity index is 4.07. The molecule has 0 heterocycles. The lowest BCUT2D eigenvalue weighted by molar-refractivity contribution is -0.150. The molecule has 1 N–H and O–H groups in total. The van der Waals surface area contributed by atoms with Crippen molar-refractivity contribution in [3.05, 3.63) is 0 Å². The van der Waals surface area contributed by atoms with Gasteiger partial charge >= 0.3 is 11.9 Å². The second kappa shape index (κ2) is 40.1. The van der Waals surface area contributed by atoms with Crippen LogP contribution >= 0.6 is 0 Å². The van der Waals surface area contributed by atoms with Gasteiger partial charge in [0.1, 0.15) is 12.2 Å². The molecule has 0 fully saturated rings. The van der Waals surface area contributed by atoms with Crippen LogP contribution in [0, 0.1) is 0 Å². The molecular weight excluding hydrogens is 634 g/mol. The maximum absolute atomic E-state index is 12.7. The van der Waals surface area contributed by atoms with E-state index in [0.29, 0.717) is 19.4 Å². The summed E-state index contributed by atoms with van der Waals surface area (Å²) >= 11 is 0. The molecule has 0 aliphatic heterocycles. The van der Waals surface area contributed by atoms with Crippen molar-refractivity contribution in [2.45, 2.75) is 252 Å². The number of aliphatic hydroxyl groups is 1. The lowest BCUT2D eigenvalue weighted by atomic mass is 10.0. The smallest absolute Gasteiger partial charge is 0.306 e. The van der Waals surface area contributed by atoms with Crippen molar-refractivity contribution in [2.24, 2.45) is 0 Å². The molecule has 0 spiro atoms. The molecule has 1 atom stereocenters. The molecule has 0 aromatic carbocycles. The molecule has 0 bridgehead atoms. The molecule has 1 unspecified atom stereocenters. The molecule has 0 saturated heterocycles. The number of ether oxygens (including phenoxy) is 2. The molecule has 51 heavy (non-hydrogen) atoms. The first-order chi connectivity index (χ1) is 25.0. The largest absolute Gasteiger partial charge is 0.463 e. The van der Waals surface area contributed by atoms with Crippen LogP contribution in [0.2, 0.25) is 0 Å². The highest BCUT2D eigenvalue weighted by Gasteiger charge is 2.15. The summed E-state index contributed by atoms with van der Waals surface area (Å²) in [6.45, 7) is 11.4. The highest BCUT2D eigenvalue weighted by molar-refractivity contribution is 5.69. The third kappa shape index (κ3) is 37.0. The quantitative estimate of drug-likeness (QED) is 0.0500. The van der Waals surface area contributed by atoms with Gasteiger partial charge in [-0.25, -0.2) is 0 Å². The molecule has 304 valence electrons. The molecular formula is C45H89NO5. The van der Waals surface area contributed by atoms with Gasteiger partial charge in [0.05, 0.1) is 6.61 Å². The fraction of sp³-hybridized carbons (Fsp3) is 0.956. The Bertz CT molecular complexity index is 715. The minimum absolute atomic E-state index is 0.000269. The van der Waals surface area contributed by atoms with E-state index < -0.39 is 0 Å². The topological polar surface area (TPSA) is 76.1 Å². The van der Waals surface area contributed by atoms with E-state index in [1.165, 1.54) is 135 Å². The summed E-state index contributed by atoms with van der Waals surface area (Å²) in [4.78, 5) is 27.3. The minimum Gasteiger partial charge on any atom is -0.463 e. The molecule has 0 aliphatic carbocycles. The van der Waals surface area contributed by atoms with Crippen molar-refractivity contribution in [1.29, 1.82) is 0 Å². The first-order valence-electron chi connectivity index (χ1n) is 22.7. The number of rotatable bonds is 41. The van der Waals surface area contributed by atoms with E-state index in [1.807, 2.05) is 6.92 Å². The average Bonchev–Trinajstić information content (AvgIpc) is 3.11. The van der Waals surface area contributed by atoms with Crippen LogP contribution in [0.15, 0.2) is 0 Å². The summed E-state index contributed by atoms with van der Waals surface area (Å²) in [5.74, 6) is -0.0677. The molecule has 0 radical (unpaired) electrons. The summed E-state index contributed by atoms with van der Waals surface area (Å²) in [6, 6.07) is 0. The first kappa shape index (κ1) is 49.9. The van der Waals surface area contributed by atoms with E-state index >= 15 is 0 Å². The van der Waals surface area contributed by atoms with Crippen molar-refractivity contribution in [3.63, 3.8) is 0 Å². The number of nitrogens with zero attached hydrogens (tertiary/aromatic N) is 1. The van der Waals surface area contributed by atoms with Crippen LogP contribution in [0.25, 0.3) is 0 Å². The number of carbonyl (C=O) groups is 2. The van der Waals surface area contributed by atoms with Gasteiger partial charge in [0.25, 0.3) is 0 Å². The molecule has 0 aliphatic rings. The Morgan fingerprint density at radius 2 is 0.824 bits per heavy atom. The maximum Gasteiger partial charge on any atom is 0.306 e. The van der Waals surface area contributed by atoms with E-state index in [9.17, 15) is 14.7 Å². The van der Waals surface area contributed by atoms with Gasteiger partial charge in [0.15, 0.2) is 0 Å². The monoisotopic (exact) mass is 724 g/mol. The third-order valence-electron chi connectivity index (χ3n) is 10.5. The lowest BCUT2D eigenvalue weighted by Gasteiger charge is -2.23. The van der Waals surface area contributed by atoms with Crippen LogP contribution in [0.5, 0.6) is 0 Å². The zero-order valence-corrected chi connectivity index (χ0v) is 34.8. The van der Waals surface area contributed by atoms with Gasteiger partial charge in [0, 0.05) is 25.9 Å². The third-order valence-corrected chi connectivity index (χ3v) is 10.5. The first-order valence-corrected chi connectivity index (χ1v) is 22.7. The zero-order valence-electron chi connectivity index (χ0n) is 34.8. The Morgan fingerprint density at radius 1 is 0.451 bits per heavy atom. The molecule has 0 rings (SSSR count). The maximum atomic E-state index is 12.7. The van der Waals surface area contributed by atoms with E-state index in [-0.39, 0.29) is 30.8 Å². The van der Waals surface area contributed by atoms with Crippen LogP contribution in [0.3, 0.4) is 0 Å². The number of hydrogen-bond acceptors (Lipinski definition) is 6. The predicted molar refractivity (Wildman–Crippen MR) is 218 cm³/mol. The number of hydrogen-bond donors (Lipinski definition) is 1. The fourth-order valence-corrected chi connectivity index (χ4v) is 7.06. The molecule has 6 heteroatoms. The Kier molecular flexibility index (Phi) is 39.2. The number of aliphatic hydroxyl groups excluding tert-OH is 1. The van der Waals surface area contributed by atoms with Crippen molar-refractivity contribution in [1.82, 2.24) is 4.90 Å². The van der Waals surface area contributed by atoms with Gasteiger partial charge in [-0.2, -0.15) is 0 Å². The van der Waals surface area contributed by atoms with Crippen molar-refractivity contribution < 1.29 is 24.2 Å². The van der Waals surface area contributed by atoms with Crippen molar-refractivity contribution in [2.75, 3.05) is 26.2 Å². The molecule has 0 aromatic heterocycles. The van der Waals surface area contributed by atoms with E-state index in [0.717, 1.165) is 77.3 Å². The molecule has 0 aromatic rings. The summed E-state index contributed by atoms with van der Waals surface area (Å²) in [5, 5.41) is 9.58. The summed E-state index contributed by atoms with van der Waals surface area (Å²) < 4.78 is 11.7. The number of esters is 2. The molecule has 6 nitrogen and oxygen atoms in total. The van der Waals surface area contributed by atoms with Gasteiger partial charge < -0.3 is 19.5 Å². The van der Waals surface area contributed by atoms with Crippen molar-refractivity contribution in [3.8, 4) is 0 Å². The van der Waals surface area contributed by atoms with Gasteiger partial charge in [0.2, 0.25) is 0 Å². The standard InChI is InChI=1S/C45H89NO5/c1-5-8-11-14-17-18-19-20-21-25-30-35-44(48)50-42(4)37-39-46(40-41-47)38-32-27-22-26-31-36-45(49)51-43(33-28-23-15-12-9-6-2)34-29-24-16-13-10-7-3/h42-43,47H,5-41H2,1-4H3. The van der Waals surface area contributed by atoms with Crippen LogP contribution in [0.4, 0.5) is 0 Å². The highest BCUT2D eigenvalue weighted by Crippen LogP contribution is 2.19. The van der Waals surface area contributed by atoms with E-state index in [1.54, 1.807) is 0 Å². The summed E-state index contributed by atoms with van der Waals surface area (Å²) in [7, 11) is 0. The van der Waals surface area contributed by atoms with E-state index in [2.05, 4.69) is 25.7 Å². The van der Waals surface area contributed by atoms with Crippen LogP contribution in [0.1, 0.15) is 240 Å². The number of carbonyl (C=O) groups excluding carboxylic acids is 2. The SMILES string of the molecule is CCCCCCCCCCCCCC(=O)OC(C)CCN(CCO)CCCCCCCC(=O)OC(CCCCCCCC)CCCCCCCC.